The third kappa shape index (κ3) is 3.99. The highest BCUT2D eigenvalue weighted by atomic mass is 16.6. The molecule has 1 amide bonds. The first-order valence-corrected chi connectivity index (χ1v) is 6.19. The summed E-state index contributed by atoms with van der Waals surface area (Å²) in [7, 11) is 0. The number of hydrogen-bond acceptors (Lipinski definition) is 4. The Morgan fingerprint density at radius 3 is 3.00 bits per heavy atom. The van der Waals surface area contributed by atoms with Crippen LogP contribution in [0.5, 0.6) is 0 Å². The van der Waals surface area contributed by atoms with E-state index < -0.39 is 11.7 Å². The van der Waals surface area contributed by atoms with Crippen molar-refractivity contribution in [3.05, 3.63) is 24.2 Å². The molecule has 20 heavy (non-hydrogen) atoms. The number of hydrogen-bond donors (Lipinski definition) is 2. The Hall–Kier alpha value is -2.55. The first-order valence-electron chi connectivity index (χ1n) is 6.19. The predicted molar refractivity (Wildman–Crippen MR) is 75.0 cm³/mol. The van der Waals surface area contributed by atoms with Crippen molar-refractivity contribution in [3.8, 4) is 11.8 Å². The van der Waals surface area contributed by atoms with E-state index in [1.165, 1.54) is 0 Å². The van der Waals surface area contributed by atoms with Gasteiger partial charge in [-0.2, -0.15) is 5.10 Å². The van der Waals surface area contributed by atoms with Crippen molar-refractivity contribution in [3.63, 3.8) is 0 Å². The van der Waals surface area contributed by atoms with Crippen LogP contribution in [-0.2, 0) is 4.74 Å². The number of nitrogens with one attached hydrogen (secondary N) is 2. The number of pyridine rings is 1. The van der Waals surface area contributed by atoms with Crippen LogP contribution < -0.4 is 5.32 Å². The van der Waals surface area contributed by atoms with Gasteiger partial charge in [0, 0.05) is 5.39 Å². The van der Waals surface area contributed by atoms with Crippen LogP contribution in [0.4, 0.5) is 4.79 Å². The quantitative estimate of drug-likeness (QED) is 0.776. The van der Waals surface area contributed by atoms with E-state index in [4.69, 9.17) is 4.74 Å². The number of rotatable bonds is 1. The molecule has 0 aliphatic carbocycles. The molecule has 104 valence electrons. The number of aromatic nitrogens is 3. The predicted octanol–water partition coefficient (Wildman–Crippen LogP) is 1.83. The average Bonchev–Trinajstić information content (AvgIpc) is 2.79. The van der Waals surface area contributed by atoms with Gasteiger partial charge in [-0.25, -0.2) is 9.78 Å². The zero-order chi connectivity index (χ0) is 14.6. The molecule has 2 rings (SSSR count). The standard InChI is InChI=1S/C14H16N4O2/c1-14(2,3)20-13(19)15-6-4-5-11-7-10-8-17-18-12(10)9-16-11/h7-9H,6H2,1-3H3,(H,15,19)(H,17,18). The van der Waals surface area contributed by atoms with Crippen LogP contribution in [0.3, 0.4) is 0 Å². The summed E-state index contributed by atoms with van der Waals surface area (Å²) in [5, 5.41) is 10.2. The average molecular weight is 272 g/mol. The Balaban J connectivity index is 1.89. The Morgan fingerprint density at radius 1 is 1.45 bits per heavy atom. The van der Waals surface area contributed by atoms with Gasteiger partial charge in [0.25, 0.3) is 0 Å². The Bertz CT molecular complexity index is 674. The monoisotopic (exact) mass is 272 g/mol. The van der Waals surface area contributed by atoms with Crippen LogP contribution in [0.15, 0.2) is 18.5 Å². The van der Waals surface area contributed by atoms with E-state index in [0.29, 0.717) is 5.69 Å². The fourth-order valence-electron chi connectivity index (χ4n) is 1.48. The number of amides is 1. The highest BCUT2D eigenvalue weighted by Gasteiger charge is 2.14. The summed E-state index contributed by atoms with van der Waals surface area (Å²) in [6.07, 6.45) is 2.90. The van der Waals surface area contributed by atoms with Gasteiger partial charge in [0.05, 0.1) is 24.5 Å². The molecule has 2 N–H and O–H groups in total. The lowest BCUT2D eigenvalue weighted by Gasteiger charge is -2.18. The van der Waals surface area contributed by atoms with Gasteiger partial charge < -0.3 is 10.1 Å². The minimum atomic E-state index is -0.509. The molecule has 6 heteroatoms. The largest absolute Gasteiger partial charge is 0.444 e. The first-order chi connectivity index (χ1) is 9.44. The molecule has 2 aromatic heterocycles. The molecule has 6 nitrogen and oxygen atoms in total. The van der Waals surface area contributed by atoms with E-state index in [0.717, 1.165) is 10.9 Å². The number of carbonyl (C=O) groups is 1. The summed E-state index contributed by atoms with van der Waals surface area (Å²) in [5.74, 6) is 5.69. The molecule has 2 heterocycles. The highest BCUT2D eigenvalue weighted by molar-refractivity contribution is 5.77. The Kier molecular flexibility index (Phi) is 3.89. The van der Waals surface area contributed by atoms with E-state index in [-0.39, 0.29) is 6.54 Å². The highest BCUT2D eigenvalue weighted by Crippen LogP contribution is 2.09. The number of nitrogens with zero attached hydrogens (tertiary/aromatic N) is 2. The molecular formula is C14H16N4O2. The fourth-order valence-corrected chi connectivity index (χ4v) is 1.48. The van der Waals surface area contributed by atoms with Crippen molar-refractivity contribution < 1.29 is 9.53 Å². The van der Waals surface area contributed by atoms with Gasteiger partial charge >= 0.3 is 6.09 Å². The first kappa shape index (κ1) is 13.9. The molecule has 0 radical (unpaired) electrons. The molecule has 2 aromatic rings. The van der Waals surface area contributed by atoms with Crippen molar-refractivity contribution in [1.82, 2.24) is 20.5 Å². The number of fused-ring (bicyclic) bond motifs is 1. The maximum atomic E-state index is 11.4. The van der Waals surface area contributed by atoms with Crippen LogP contribution in [0.2, 0.25) is 0 Å². The summed E-state index contributed by atoms with van der Waals surface area (Å²) in [4.78, 5) is 15.5. The van der Waals surface area contributed by atoms with Gasteiger partial charge in [-0.15, -0.1) is 0 Å². The summed E-state index contributed by atoms with van der Waals surface area (Å²) in [5.41, 5.74) is 0.984. The van der Waals surface area contributed by atoms with Crippen LogP contribution in [0, 0.1) is 11.8 Å². The van der Waals surface area contributed by atoms with E-state index in [9.17, 15) is 4.79 Å². The minimum absolute atomic E-state index is 0.208. The van der Waals surface area contributed by atoms with Crippen LogP contribution in [0.1, 0.15) is 26.5 Å². The molecule has 0 saturated carbocycles. The second-order valence-electron chi connectivity index (χ2n) is 5.18. The van der Waals surface area contributed by atoms with Gasteiger partial charge in [0.15, 0.2) is 0 Å². The maximum Gasteiger partial charge on any atom is 0.408 e. The summed E-state index contributed by atoms with van der Waals surface area (Å²) in [6, 6.07) is 1.83. The zero-order valence-corrected chi connectivity index (χ0v) is 11.7. The zero-order valence-electron chi connectivity index (χ0n) is 11.7. The third-order valence-corrected chi connectivity index (χ3v) is 2.26. The number of H-pyrrole nitrogens is 1. The topological polar surface area (TPSA) is 79.9 Å². The lowest BCUT2D eigenvalue weighted by Crippen LogP contribution is -2.32. The lowest BCUT2D eigenvalue weighted by atomic mass is 10.2. The van der Waals surface area contributed by atoms with Crippen LogP contribution >= 0.6 is 0 Å². The molecule has 0 saturated heterocycles. The second-order valence-corrected chi connectivity index (χ2v) is 5.18. The molecule has 0 aromatic carbocycles. The molecule has 0 spiro atoms. The number of aromatic amines is 1. The van der Waals surface area contributed by atoms with Gasteiger partial charge in [-0.3, -0.25) is 5.10 Å². The second kappa shape index (κ2) is 5.61. The van der Waals surface area contributed by atoms with Gasteiger partial charge in [-0.1, -0.05) is 5.92 Å². The van der Waals surface area contributed by atoms with Crippen molar-refractivity contribution in [2.24, 2.45) is 0 Å². The van der Waals surface area contributed by atoms with E-state index in [1.54, 1.807) is 12.4 Å². The molecule has 0 aliphatic rings. The van der Waals surface area contributed by atoms with E-state index in [2.05, 4.69) is 32.3 Å². The third-order valence-electron chi connectivity index (χ3n) is 2.26. The summed E-state index contributed by atoms with van der Waals surface area (Å²) in [6.45, 7) is 5.63. The number of carbonyl (C=O) groups excluding carboxylic acids is 1. The SMILES string of the molecule is CC(C)(C)OC(=O)NCC#Cc1cc2cn[nH]c2cn1. The number of alkyl carbamates (subject to hydrolysis) is 1. The van der Waals surface area contributed by atoms with Gasteiger partial charge in [0.2, 0.25) is 0 Å². The normalized spacial score (nSPS) is 10.8. The van der Waals surface area contributed by atoms with Crippen molar-refractivity contribution in [2.45, 2.75) is 26.4 Å². The van der Waals surface area contributed by atoms with Crippen molar-refractivity contribution >= 4 is 17.0 Å². The van der Waals surface area contributed by atoms with Crippen LogP contribution in [-0.4, -0.2) is 33.4 Å². The smallest absolute Gasteiger partial charge is 0.408 e. The number of ether oxygens (including phenoxy) is 1. The van der Waals surface area contributed by atoms with Gasteiger partial charge in [-0.05, 0) is 32.8 Å². The van der Waals surface area contributed by atoms with Gasteiger partial charge in [0.1, 0.15) is 11.3 Å². The van der Waals surface area contributed by atoms with Crippen LogP contribution in [0.25, 0.3) is 10.9 Å². The molecule has 0 unspecified atom stereocenters. The summed E-state index contributed by atoms with van der Waals surface area (Å²) < 4.78 is 5.09. The molecule has 0 aliphatic heterocycles. The molecule has 0 atom stereocenters. The minimum Gasteiger partial charge on any atom is -0.444 e. The van der Waals surface area contributed by atoms with Crippen molar-refractivity contribution in [1.29, 1.82) is 0 Å². The maximum absolute atomic E-state index is 11.4. The lowest BCUT2D eigenvalue weighted by molar-refractivity contribution is 0.0535. The molecule has 0 fully saturated rings. The van der Waals surface area contributed by atoms with E-state index >= 15 is 0 Å². The summed E-state index contributed by atoms with van der Waals surface area (Å²) >= 11 is 0. The Labute approximate surface area is 116 Å². The molecule has 0 bridgehead atoms. The fraction of sp³-hybridized carbons (Fsp3) is 0.357. The Morgan fingerprint density at radius 2 is 2.25 bits per heavy atom. The van der Waals surface area contributed by atoms with Crippen molar-refractivity contribution in [2.75, 3.05) is 6.54 Å². The molecular weight excluding hydrogens is 256 g/mol. The van der Waals surface area contributed by atoms with E-state index in [1.807, 2.05) is 26.8 Å².